The van der Waals surface area contributed by atoms with Gasteiger partial charge in [0.1, 0.15) is 23.3 Å². The van der Waals surface area contributed by atoms with E-state index in [-0.39, 0.29) is 27.8 Å². The van der Waals surface area contributed by atoms with Gasteiger partial charge in [-0.05, 0) is 31.2 Å². The van der Waals surface area contributed by atoms with E-state index in [1.165, 1.54) is 37.6 Å². The topological polar surface area (TPSA) is 116 Å². The maximum absolute atomic E-state index is 12.6. The first-order valence-electron chi connectivity index (χ1n) is 9.37. The highest BCUT2D eigenvalue weighted by Gasteiger charge is 2.37. The van der Waals surface area contributed by atoms with E-state index in [0.717, 1.165) is 6.92 Å². The summed E-state index contributed by atoms with van der Waals surface area (Å²) in [5.41, 5.74) is 6.11. The Labute approximate surface area is 190 Å². The van der Waals surface area contributed by atoms with Gasteiger partial charge in [-0.2, -0.15) is 13.2 Å². The monoisotopic (exact) mass is 482 g/mol. The molecule has 2 aromatic carbocycles. The van der Waals surface area contributed by atoms with Crippen LogP contribution in [0.2, 0.25) is 5.02 Å². The third-order valence-corrected chi connectivity index (χ3v) is 4.86. The molecule has 0 radical (unpaired) electrons. The Morgan fingerprint density at radius 1 is 1.15 bits per heavy atom. The number of hydrogen-bond acceptors (Lipinski definition) is 5. The first-order chi connectivity index (χ1) is 15.5. The molecular formula is C21H18ClF3N4O4. The average molecular weight is 483 g/mol. The lowest BCUT2D eigenvalue weighted by molar-refractivity contribution is -0.148. The fraction of sp³-hybridized carbons (Fsp3) is 0.190. The van der Waals surface area contributed by atoms with Gasteiger partial charge in [-0.3, -0.25) is 9.78 Å². The van der Waals surface area contributed by atoms with Crippen LogP contribution in [-0.2, 0) is 0 Å². The summed E-state index contributed by atoms with van der Waals surface area (Å²) in [5.74, 6) is 0.161. The number of anilines is 1. The Kier molecular flexibility index (Phi) is 6.82. The summed E-state index contributed by atoms with van der Waals surface area (Å²) in [4.78, 5) is 27.8. The number of carbonyl (C=O) groups is 2. The molecule has 174 valence electrons. The van der Waals surface area contributed by atoms with Crippen molar-refractivity contribution in [2.45, 2.75) is 19.1 Å². The predicted octanol–water partition coefficient (Wildman–Crippen LogP) is 4.86. The third kappa shape index (κ3) is 5.55. The molecule has 0 aliphatic rings. The lowest BCUT2D eigenvalue weighted by Gasteiger charge is -2.18. The van der Waals surface area contributed by atoms with Crippen LogP contribution >= 0.6 is 11.6 Å². The van der Waals surface area contributed by atoms with E-state index < -0.39 is 24.2 Å². The van der Waals surface area contributed by atoms with Crippen LogP contribution in [0.1, 0.15) is 17.3 Å². The molecule has 0 saturated heterocycles. The lowest BCUT2D eigenvalue weighted by Crippen LogP contribution is -2.44. The number of alkyl halides is 3. The Bertz CT molecular complexity index is 1220. The number of pyridine rings is 1. The van der Waals surface area contributed by atoms with Crippen molar-refractivity contribution in [2.24, 2.45) is 5.73 Å². The Balaban J connectivity index is 1.83. The molecular weight excluding hydrogens is 465 g/mol. The van der Waals surface area contributed by atoms with Gasteiger partial charge in [0.05, 0.1) is 28.9 Å². The number of nitrogens with one attached hydrogen (secondary N) is 2. The number of nitrogens with two attached hydrogens (primary N) is 1. The van der Waals surface area contributed by atoms with Gasteiger partial charge in [0, 0.05) is 23.7 Å². The van der Waals surface area contributed by atoms with Crippen LogP contribution in [0, 0.1) is 0 Å². The molecule has 0 saturated carbocycles. The summed E-state index contributed by atoms with van der Waals surface area (Å²) < 4.78 is 48.8. The molecule has 0 bridgehead atoms. The molecule has 8 nitrogen and oxygen atoms in total. The number of urea groups is 1. The second-order valence-electron chi connectivity index (χ2n) is 6.85. The van der Waals surface area contributed by atoms with E-state index in [1.54, 1.807) is 17.4 Å². The minimum absolute atomic E-state index is 0.0279. The summed E-state index contributed by atoms with van der Waals surface area (Å²) >= 11 is 6.16. The lowest BCUT2D eigenvalue weighted by atomic mass is 10.1. The van der Waals surface area contributed by atoms with E-state index in [9.17, 15) is 22.8 Å². The number of methoxy groups -OCH3 is 1. The van der Waals surface area contributed by atoms with Gasteiger partial charge in [-0.15, -0.1) is 0 Å². The zero-order valence-corrected chi connectivity index (χ0v) is 18.0. The van der Waals surface area contributed by atoms with Gasteiger partial charge >= 0.3 is 12.2 Å². The molecule has 4 N–H and O–H groups in total. The van der Waals surface area contributed by atoms with Crippen molar-refractivity contribution >= 4 is 40.1 Å². The largest absolute Gasteiger partial charge is 0.496 e. The van der Waals surface area contributed by atoms with Crippen LogP contribution in [0.4, 0.5) is 23.7 Å². The van der Waals surface area contributed by atoms with E-state index in [2.05, 4.69) is 10.3 Å². The molecule has 0 aliphatic heterocycles. The SMILES string of the molecule is COc1cc2nccc(Oc3ccc(NC(=O)NC(C)C(F)(F)F)c(Cl)c3)c2cc1C(N)=O. The van der Waals surface area contributed by atoms with Gasteiger partial charge in [0.15, 0.2) is 0 Å². The molecule has 3 rings (SSSR count). The first-order valence-corrected chi connectivity index (χ1v) is 9.75. The van der Waals surface area contributed by atoms with Crippen LogP contribution in [0.5, 0.6) is 17.2 Å². The van der Waals surface area contributed by atoms with Gasteiger partial charge in [0.25, 0.3) is 5.91 Å². The molecule has 0 aliphatic carbocycles. The number of carbonyl (C=O) groups excluding carboxylic acids is 2. The van der Waals surface area contributed by atoms with Crippen LogP contribution in [0.25, 0.3) is 10.9 Å². The minimum atomic E-state index is -4.58. The highest BCUT2D eigenvalue weighted by molar-refractivity contribution is 6.33. The fourth-order valence-electron chi connectivity index (χ4n) is 2.82. The fourth-order valence-corrected chi connectivity index (χ4v) is 3.04. The van der Waals surface area contributed by atoms with Gasteiger partial charge in [-0.25, -0.2) is 4.79 Å². The number of hydrogen-bond donors (Lipinski definition) is 3. The number of primary amides is 1. The molecule has 0 spiro atoms. The average Bonchev–Trinajstić information content (AvgIpc) is 2.74. The Hall–Kier alpha value is -3.73. The van der Waals surface area contributed by atoms with E-state index in [4.69, 9.17) is 26.8 Å². The van der Waals surface area contributed by atoms with Crippen molar-refractivity contribution in [1.82, 2.24) is 10.3 Å². The van der Waals surface area contributed by atoms with Crippen molar-refractivity contribution in [3.63, 3.8) is 0 Å². The van der Waals surface area contributed by atoms with Crippen molar-refractivity contribution in [1.29, 1.82) is 0 Å². The zero-order valence-electron chi connectivity index (χ0n) is 17.3. The molecule has 0 fully saturated rings. The number of aromatic nitrogens is 1. The zero-order chi connectivity index (χ0) is 24.3. The maximum Gasteiger partial charge on any atom is 0.408 e. The molecule has 12 heteroatoms. The summed E-state index contributed by atoms with van der Waals surface area (Å²) in [6.45, 7) is 0.816. The van der Waals surface area contributed by atoms with E-state index in [0.29, 0.717) is 16.7 Å². The number of amides is 3. The van der Waals surface area contributed by atoms with Crippen molar-refractivity contribution < 1.29 is 32.2 Å². The third-order valence-electron chi connectivity index (χ3n) is 4.54. The standard InChI is InChI=1S/C21H18ClF3N4O4/c1-10(21(23,24)25)28-20(31)29-15-4-3-11(7-14(15)22)33-17-5-6-27-16-9-18(32-2)13(19(26)30)8-12(16)17/h3-10H,1-2H3,(H2,26,30)(H2,28,29,31). The minimum Gasteiger partial charge on any atom is -0.496 e. The highest BCUT2D eigenvalue weighted by atomic mass is 35.5. The van der Waals surface area contributed by atoms with Crippen molar-refractivity contribution in [3.8, 4) is 17.2 Å². The van der Waals surface area contributed by atoms with Gasteiger partial charge in [-0.1, -0.05) is 11.6 Å². The van der Waals surface area contributed by atoms with E-state index >= 15 is 0 Å². The van der Waals surface area contributed by atoms with Crippen LogP contribution in [0.3, 0.4) is 0 Å². The quantitative estimate of drug-likeness (QED) is 0.464. The highest BCUT2D eigenvalue weighted by Crippen LogP contribution is 2.35. The number of ether oxygens (including phenoxy) is 2. The number of benzene rings is 2. The summed E-state index contributed by atoms with van der Waals surface area (Å²) in [6, 6.07) is 5.69. The smallest absolute Gasteiger partial charge is 0.408 e. The summed E-state index contributed by atoms with van der Waals surface area (Å²) in [6.07, 6.45) is -3.09. The number of nitrogens with zero attached hydrogens (tertiary/aromatic N) is 1. The van der Waals surface area contributed by atoms with E-state index in [1.807, 2.05) is 0 Å². The van der Waals surface area contributed by atoms with Crippen LogP contribution in [-0.4, -0.2) is 36.3 Å². The maximum atomic E-state index is 12.6. The molecule has 3 amide bonds. The normalized spacial score (nSPS) is 12.2. The summed E-state index contributed by atoms with van der Waals surface area (Å²) in [5, 5.41) is 4.53. The van der Waals surface area contributed by atoms with Crippen LogP contribution < -0.4 is 25.8 Å². The Morgan fingerprint density at radius 2 is 1.88 bits per heavy atom. The van der Waals surface area contributed by atoms with Gasteiger partial charge < -0.3 is 25.8 Å². The molecule has 1 aromatic heterocycles. The second-order valence-corrected chi connectivity index (χ2v) is 7.26. The van der Waals surface area contributed by atoms with Crippen molar-refractivity contribution in [3.05, 3.63) is 53.2 Å². The molecule has 1 unspecified atom stereocenters. The first kappa shape index (κ1) is 23.9. The molecule has 33 heavy (non-hydrogen) atoms. The molecule has 1 atom stereocenters. The number of halogens is 4. The Morgan fingerprint density at radius 3 is 2.48 bits per heavy atom. The molecule has 3 aromatic rings. The second kappa shape index (κ2) is 9.41. The summed E-state index contributed by atoms with van der Waals surface area (Å²) in [7, 11) is 1.40. The molecule has 1 heterocycles. The van der Waals surface area contributed by atoms with Gasteiger partial charge in [0.2, 0.25) is 0 Å². The van der Waals surface area contributed by atoms with Crippen molar-refractivity contribution in [2.75, 3.05) is 12.4 Å². The number of fused-ring (bicyclic) bond motifs is 1. The number of rotatable bonds is 6. The van der Waals surface area contributed by atoms with Crippen LogP contribution in [0.15, 0.2) is 42.6 Å². The predicted molar refractivity (Wildman–Crippen MR) is 116 cm³/mol.